The SMILES string of the molecule is COc1cc(Br)cc2cc(C(=O)NNC(=O)c3cccc(Cl)c3)c(=O)oc12. The van der Waals surface area contributed by atoms with Gasteiger partial charge in [-0.25, -0.2) is 4.79 Å². The van der Waals surface area contributed by atoms with Gasteiger partial charge in [-0.05, 0) is 36.4 Å². The summed E-state index contributed by atoms with van der Waals surface area (Å²) in [5.41, 5.74) is 3.74. The highest BCUT2D eigenvalue weighted by molar-refractivity contribution is 9.10. The van der Waals surface area contributed by atoms with Crippen LogP contribution in [0.25, 0.3) is 11.0 Å². The quantitative estimate of drug-likeness (QED) is 0.470. The van der Waals surface area contributed by atoms with Crippen molar-refractivity contribution in [3.8, 4) is 5.75 Å². The van der Waals surface area contributed by atoms with E-state index in [9.17, 15) is 14.4 Å². The Morgan fingerprint density at radius 1 is 1.11 bits per heavy atom. The molecule has 0 saturated carbocycles. The highest BCUT2D eigenvalue weighted by atomic mass is 79.9. The largest absolute Gasteiger partial charge is 0.493 e. The minimum absolute atomic E-state index is 0.213. The molecule has 7 nitrogen and oxygen atoms in total. The summed E-state index contributed by atoms with van der Waals surface area (Å²) in [7, 11) is 1.44. The third kappa shape index (κ3) is 4.12. The summed E-state index contributed by atoms with van der Waals surface area (Å²) in [5, 5.41) is 0.857. The predicted octanol–water partition coefficient (Wildman–Crippen LogP) is 3.29. The summed E-state index contributed by atoms with van der Waals surface area (Å²) in [6, 6.07) is 10.8. The van der Waals surface area contributed by atoms with Crippen molar-refractivity contribution >= 4 is 50.3 Å². The predicted molar refractivity (Wildman–Crippen MR) is 103 cm³/mol. The van der Waals surface area contributed by atoms with Gasteiger partial charge in [0.15, 0.2) is 11.3 Å². The highest BCUT2D eigenvalue weighted by Crippen LogP contribution is 2.29. The second kappa shape index (κ2) is 7.81. The van der Waals surface area contributed by atoms with Gasteiger partial charge in [-0.15, -0.1) is 0 Å². The van der Waals surface area contributed by atoms with Gasteiger partial charge in [-0.3, -0.25) is 20.4 Å². The molecule has 1 heterocycles. The van der Waals surface area contributed by atoms with Gasteiger partial charge in [-0.2, -0.15) is 0 Å². The van der Waals surface area contributed by atoms with Gasteiger partial charge in [0.2, 0.25) is 0 Å². The molecule has 0 spiro atoms. The van der Waals surface area contributed by atoms with Crippen LogP contribution in [0.15, 0.2) is 56.1 Å². The molecule has 0 bridgehead atoms. The fourth-order valence-electron chi connectivity index (χ4n) is 2.36. The maximum atomic E-state index is 12.3. The number of carbonyl (C=O) groups excluding carboxylic acids is 2. The van der Waals surface area contributed by atoms with Crippen LogP contribution in [0, 0.1) is 0 Å². The van der Waals surface area contributed by atoms with Crippen molar-refractivity contribution in [1.82, 2.24) is 10.9 Å². The van der Waals surface area contributed by atoms with Gasteiger partial charge in [0.1, 0.15) is 5.56 Å². The molecule has 138 valence electrons. The number of nitrogens with one attached hydrogen (secondary N) is 2. The zero-order chi connectivity index (χ0) is 19.6. The van der Waals surface area contributed by atoms with E-state index in [0.29, 0.717) is 20.6 Å². The minimum atomic E-state index is -0.863. The molecule has 0 aliphatic rings. The fraction of sp³-hybridized carbons (Fsp3) is 0.0556. The van der Waals surface area contributed by atoms with Crippen LogP contribution in [0.5, 0.6) is 5.75 Å². The molecule has 9 heteroatoms. The van der Waals surface area contributed by atoms with Gasteiger partial charge in [0.25, 0.3) is 11.8 Å². The number of hydrazine groups is 1. The molecule has 3 aromatic rings. The average Bonchev–Trinajstić information content (AvgIpc) is 2.65. The summed E-state index contributed by atoms with van der Waals surface area (Å²) in [6.45, 7) is 0. The van der Waals surface area contributed by atoms with Gasteiger partial charge >= 0.3 is 5.63 Å². The monoisotopic (exact) mass is 450 g/mol. The minimum Gasteiger partial charge on any atom is -0.493 e. The number of rotatable bonds is 3. The number of methoxy groups -OCH3 is 1. The standard InChI is InChI=1S/C18H12BrClN2O5/c1-26-14-8-11(19)5-10-7-13(18(25)27-15(10)14)17(24)22-21-16(23)9-3-2-4-12(20)6-9/h2-8H,1H3,(H,21,23)(H,22,24). The van der Waals surface area contributed by atoms with Crippen molar-refractivity contribution in [3.63, 3.8) is 0 Å². The van der Waals surface area contributed by atoms with Crippen LogP contribution in [-0.2, 0) is 0 Å². The molecule has 0 fully saturated rings. The number of carbonyl (C=O) groups is 2. The summed E-state index contributed by atoms with van der Waals surface area (Å²) < 4.78 is 11.1. The van der Waals surface area contributed by atoms with Crippen LogP contribution in [0.3, 0.4) is 0 Å². The Bertz CT molecular complexity index is 1110. The van der Waals surface area contributed by atoms with E-state index in [1.807, 2.05) is 0 Å². The number of fused-ring (bicyclic) bond motifs is 1. The van der Waals surface area contributed by atoms with Crippen LogP contribution in [0.4, 0.5) is 0 Å². The third-order valence-electron chi connectivity index (χ3n) is 3.60. The van der Waals surface area contributed by atoms with Crippen molar-refractivity contribution in [3.05, 3.63) is 73.5 Å². The Morgan fingerprint density at radius 3 is 2.56 bits per heavy atom. The molecule has 0 unspecified atom stereocenters. The van der Waals surface area contributed by atoms with Gasteiger partial charge in [0.05, 0.1) is 7.11 Å². The molecular formula is C18H12BrClN2O5. The second-order valence-electron chi connectivity index (χ2n) is 5.39. The van der Waals surface area contributed by atoms with E-state index < -0.39 is 17.4 Å². The lowest BCUT2D eigenvalue weighted by molar-refractivity contribution is 0.0844. The first kappa shape index (κ1) is 18.9. The molecule has 0 radical (unpaired) electrons. The molecule has 2 amide bonds. The van der Waals surface area contributed by atoms with Crippen molar-refractivity contribution in [2.75, 3.05) is 7.11 Å². The lowest BCUT2D eigenvalue weighted by Gasteiger charge is -2.09. The number of halogens is 2. The number of hydrogen-bond acceptors (Lipinski definition) is 5. The molecule has 2 N–H and O–H groups in total. The number of ether oxygens (including phenoxy) is 1. The normalized spacial score (nSPS) is 10.5. The molecular weight excluding hydrogens is 440 g/mol. The zero-order valence-corrected chi connectivity index (χ0v) is 16.2. The molecule has 27 heavy (non-hydrogen) atoms. The summed E-state index contributed by atoms with van der Waals surface area (Å²) in [5.74, 6) is -1.06. The number of amides is 2. The maximum Gasteiger partial charge on any atom is 0.349 e. The van der Waals surface area contributed by atoms with Crippen LogP contribution < -0.4 is 21.2 Å². The highest BCUT2D eigenvalue weighted by Gasteiger charge is 2.17. The Balaban J connectivity index is 1.84. The van der Waals surface area contributed by atoms with E-state index in [1.165, 1.54) is 25.3 Å². The van der Waals surface area contributed by atoms with E-state index in [0.717, 1.165) is 0 Å². The molecule has 1 aromatic heterocycles. The number of benzene rings is 2. The first-order valence-electron chi connectivity index (χ1n) is 7.56. The number of hydrogen-bond donors (Lipinski definition) is 2. The maximum absolute atomic E-state index is 12.3. The third-order valence-corrected chi connectivity index (χ3v) is 4.30. The molecule has 0 aliphatic heterocycles. The fourth-order valence-corrected chi connectivity index (χ4v) is 3.00. The summed E-state index contributed by atoms with van der Waals surface area (Å²) in [6.07, 6.45) is 0. The lowest BCUT2D eigenvalue weighted by atomic mass is 10.1. The van der Waals surface area contributed by atoms with Crippen molar-refractivity contribution in [2.45, 2.75) is 0 Å². The van der Waals surface area contributed by atoms with Gasteiger partial charge in [-0.1, -0.05) is 33.6 Å². The second-order valence-corrected chi connectivity index (χ2v) is 6.74. The van der Waals surface area contributed by atoms with Crippen LogP contribution in [-0.4, -0.2) is 18.9 Å². The Kier molecular flexibility index (Phi) is 5.48. The zero-order valence-electron chi connectivity index (χ0n) is 13.8. The van der Waals surface area contributed by atoms with E-state index in [1.54, 1.807) is 24.3 Å². The van der Waals surface area contributed by atoms with E-state index in [4.69, 9.17) is 20.8 Å². The van der Waals surface area contributed by atoms with Crippen LogP contribution in [0.1, 0.15) is 20.7 Å². The Hall–Kier alpha value is -2.84. The van der Waals surface area contributed by atoms with Crippen molar-refractivity contribution in [1.29, 1.82) is 0 Å². The Labute approximate surface area is 166 Å². The molecule has 0 saturated heterocycles. The Morgan fingerprint density at radius 2 is 1.85 bits per heavy atom. The van der Waals surface area contributed by atoms with E-state index >= 15 is 0 Å². The van der Waals surface area contributed by atoms with Crippen molar-refractivity contribution in [2.24, 2.45) is 0 Å². The van der Waals surface area contributed by atoms with E-state index in [2.05, 4.69) is 26.8 Å². The summed E-state index contributed by atoms with van der Waals surface area (Å²) in [4.78, 5) is 36.5. The van der Waals surface area contributed by atoms with Gasteiger partial charge < -0.3 is 9.15 Å². The van der Waals surface area contributed by atoms with Crippen molar-refractivity contribution < 1.29 is 18.7 Å². The van der Waals surface area contributed by atoms with Crippen LogP contribution in [0.2, 0.25) is 5.02 Å². The van der Waals surface area contributed by atoms with Gasteiger partial charge in [0, 0.05) is 20.4 Å². The molecule has 0 atom stereocenters. The first-order chi connectivity index (χ1) is 12.9. The van der Waals surface area contributed by atoms with Crippen LogP contribution >= 0.6 is 27.5 Å². The molecule has 2 aromatic carbocycles. The molecule has 0 aliphatic carbocycles. The lowest BCUT2D eigenvalue weighted by Crippen LogP contribution is -2.43. The molecule has 3 rings (SSSR count). The smallest absolute Gasteiger partial charge is 0.349 e. The average molecular weight is 452 g/mol. The van der Waals surface area contributed by atoms with E-state index in [-0.39, 0.29) is 16.7 Å². The first-order valence-corrected chi connectivity index (χ1v) is 8.74. The topological polar surface area (TPSA) is 97.6 Å². The summed E-state index contributed by atoms with van der Waals surface area (Å²) >= 11 is 9.14.